The smallest absolute Gasteiger partial charge is 0.239 e. The molecule has 1 amide bonds. The monoisotopic (exact) mass is 257 g/mol. The quantitative estimate of drug-likeness (QED) is 0.715. The van der Waals surface area contributed by atoms with Crippen LogP contribution in [0.1, 0.15) is 34.1 Å². The minimum absolute atomic E-state index is 0.0971. The van der Waals surface area contributed by atoms with Gasteiger partial charge in [-0.25, -0.2) is 0 Å². The lowest BCUT2D eigenvalue weighted by Crippen LogP contribution is -2.49. The summed E-state index contributed by atoms with van der Waals surface area (Å²) in [6, 6.07) is -0.365. The summed E-state index contributed by atoms with van der Waals surface area (Å²) in [6.07, 6.45) is 0.941. The average molecular weight is 257 g/mol. The van der Waals surface area contributed by atoms with Gasteiger partial charge >= 0.3 is 0 Å². The van der Waals surface area contributed by atoms with Crippen LogP contribution >= 0.6 is 0 Å². The molecule has 2 atom stereocenters. The summed E-state index contributed by atoms with van der Waals surface area (Å²) in [4.78, 5) is 16.4. The topological polar surface area (TPSA) is 49.6 Å². The molecule has 0 heterocycles. The molecule has 0 aromatic carbocycles. The highest BCUT2D eigenvalue weighted by Gasteiger charge is 2.25. The summed E-state index contributed by atoms with van der Waals surface area (Å²) in [5, 5.41) is 0. The Bertz CT molecular complexity index is 241. The van der Waals surface area contributed by atoms with Gasteiger partial charge in [0.2, 0.25) is 5.91 Å². The molecule has 0 saturated heterocycles. The summed E-state index contributed by atoms with van der Waals surface area (Å²) >= 11 is 0. The van der Waals surface area contributed by atoms with Crippen molar-refractivity contribution in [2.45, 2.75) is 40.2 Å². The molecule has 4 heteroatoms. The van der Waals surface area contributed by atoms with Crippen LogP contribution in [0.4, 0.5) is 0 Å². The molecular formula is C14H31N3O. The van der Waals surface area contributed by atoms with Crippen LogP contribution in [-0.2, 0) is 4.79 Å². The fraction of sp³-hybridized carbons (Fsp3) is 0.929. The Morgan fingerprint density at radius 2 is 1.72 bits per heavy atom. The lowest BCUT2D eigenvalue weighted by molar-refractivity contribution is -0.134. The molecule has 108 valence electrons. The van der Waals surface area contributed by atoms with E-state index in [4.69, 9.17) is 5.73 Å². The second-order valence-electron chi connectivity index (χ2n) is 5.89. The summed E-state index contributed by atoms with van der Waals surface area (Å²) < 4.78 is 0. The predicted molar refractivity (Wildman–Crippen MR) is 77.4 cm³/mol. The zero-order valence-electron chi connectivity index (χ0n) is 12.9. The van der Waals surface area contributed by atoms with Crippen molar-refractivity contribution in [3.8, 4) is 0 Å². The zero-order valence-corrected chi connectivity index (χ0v) is 12.9. The van der Waals surface area contributed by atoms with Crippen LogP contribution < -0.4 is 5.73 Å². The van der Waals surface area contributed by atoms with E-state index in [1.54, 1.807) is 0 Å². The first-order chi connectivity index (χ1) is 8.29. The summed E-state index contributed by atoms with van der Waals surface area (Å²) in [7, 11) is 4.04. The van der Waals surface area contributed by atoms with Crippen LogP contribution in [0.2, 0.25) is 0 Å². The minimum Gasteiger partial charge on any atom is -0.340 e. The van der Waals surface area contributed by atoms with Gasteiger partial charge in [0.05, 0.1) is 6.04 Å². The van der Waals surface area contributed by atoms with Crippen molar-refractivity contribution in [1.29, 1.82) is 0 Å². The number of carbonyl (C=O) groups is 1. The van der Waals surface area contributed by atoms with Gasteiger partial charge in [-0.15, -0.1) is 0 Å². The molecule has 0 aromatic heterocycles. The van der Waals surface area contributed by atoms with E-state index in [1.165, 1.54) is 0 Å². The Morgan fingerprint density at radius 1 is 1.17 bits per heavy atom. The first-order valence-corrected chi connectivity index (χ1v) is 6.98. The molecule has 0 rings (SSSR count). The maximum Gasteiger partial charge on any atom is 0.239 e. The molecule has 0 saturated carbocycles. The number of hydrogen-bond acceptors (Lipinski definition) is 3. The van der Waals surface area contributed by atoms with Gasteiger partial charge < -0.3 is 15.5 Å². The van der Waals surface area contributed by atoms with Crippen molar-refractivity contribution in [2.75, 3.05) is 33.7 Å². The van der Waals surface area contributed by atoms with Crippen LogP contribution in [0.5, 0.6) is 0 Å². The second-order valence-corrected chi connectivity index (χ2v) is 5.89. The third-order valence-corrected chi connectivity index (χ3v) is 3.26. The van der Waals surface area contributed by atoms with Gasteiger partial charge in [-0.1, -0.05) is 34.1 Å². The normalized spacial score (nSPS) is 14.9. The standard InChI is InChI=1S/C14H31N3O/c1-7-12(4)13(15)14(18)17(10-11(2)3)9-8-16(5)6/h11-13H,7-10,15H2,1-6H3. The van der Waals surface area contributed by atoms with Crippen LogP contribution in [0.15, 0.2) is 0 Å². The number of amides is 1. The van der Waals surface area contributed by atoms with Gasteiger partial charge in [0.1, 0.15) is 0 Å². The van der Waals surface area contributed by atoms with Crippen molar-refractivity contribution < 1.29 is 4.79 Å². The molecule has 4 nitrogen and oxygen atoms in total. The highest BCUT2D eigenvalue weighted by atomic mass is 16.2. The molecule has 0 aliphatic rings. The molecule has 18 heavy (non-hydrogen) atoms. The molecule has 0 aliphatic heterocycles. The number of hydrogen-bond donors (Lipinski definition) is 1. The first kappa shape index (κ1) is 17.4. The lowest BCUT2D eigenvalue weighted by Gasteiger charge is -2.30. The van der Waals surface area contributed by atoms with Gasteiger partial charge in [0.25, 0.3) is 0 Å². The molecular weight excluding hydrogens is 226 g/mol. The molecule has 2 unspecified atom stereocenters. The third-order valence-electron chi connectivity index (χ3n) is 3.26. The number of nitrogens with zero attached hydrogens (tertiary/aromatic N) is 2. The largest absolute Gasteiger partial charge is 0.340 e. The Morgan fingerprint density at radius 3 is 2.11 bits per heavy atom. The molecule has 0 fully saturated rings. The number of likely N-dealkylation sites (N-methyl/N-ethyl adjacent to an activating group) is 1. The molecule has 0 spiro atoms. The van der Waals surface area contributed by atoms with Crippen LogP contribution in [0.3, 0.4) is 0 Å². The van der Waals surface area contributed by atoms with E-state index in [1.807, 2.05) is 25.9 Å². The maximum absolute atomic E-state index is 12.4. The fourth-order valence-electron chi connectivity index (χ4n) is 1.76. The van der Waals surface area contributed by atoms with Gasteiger partial charge in [-0.2, -0.15) is 0 Å². The molecule has 0 radical (unpaired) electrons. The number of carbonyl (C=O) groups excluding carboxylic acids is 1. The zero-order chi connectivity index (χ0) is 14.3. The Kier molecular flexibility index (Phi) is 8.20. The predicted octanol–water partition coefficient (Wildman–Crippen LogP) is 1.41. The van der Waals surface area contributed by atoms with E-state index >= 15 is 0 Å². The Balaban J connectivity index is 4.57. The van der Waals surface area contributed by atoms with E-state index in [9.17, 15) is 4.79 Å². The van der Waals surface area contributed by atoms with E-state index < -0.39 is 0 Å². The lowest BCUT2D eigenvalue weighted by atomic mass is 9.98. The minimum atomic E-state index is -0.365. The van der Waals surface area contributed by atoms with Crippen LogP contribution in [-0.4, -0.2) is 55.5 Å². The van der Waals surface area contributed by atoms with Crippen molar-refractivity contribution in [3.05, 3.63) is 0 Å². The third kappa shape index (κ3) is 6.36. The first-order valence-electron chi connectivity index (χ1n) is 6.98. The average Bonchev–Trinajstić information content (AvgIpc) is 2.30. The summed E-state index contributed by atoms with van der Waals surface area (Å²) in [5.41, 5.74) is 6.05. The number of rotatable bonds is 8. The SMILES string of the molecule is CCC(C)C(N)C(=O)N(CCN(C)C)CC(C)C. The molecule has 0 aliphatic carbocycles. The molecule has 2 N–H and O–H groups in total. The highest BCUT2D eigenvalue weighted by molar-refractivity contribution is 5.82. The van der Waals surface area contributed by atoms with E-state index in [0.717, 1.165) is 26.1 Å². The molecule has 0 bridgehead atoms. The van der Waals surface area contributed by atoms with Crippen molar-refractivity contribution in [2.24, 2.45) is 17.6 Å². The van der Waals surface area contributed by atoms with E-state index in [2.05, 4.69) is 25.7 Å². The van der Waals surface area contributed by atoms with Crippen molar-refractivity contribution >= 4 is 5.91 Å². The van der Waals surface area contributed by atoms with Gasteiger partial charge in [0.15, 0.2) is 0 Å². The van der Waals surface area contributed by atoms with Crippen molar-refractivity contribution in [1.82, 2.24) is 9.80 Å². The Labute approximate surface area is 113 Å². The van der Waals surface area contributed by atoms with Gasteiger partial charge in [0, 0.05) is 19.6 Å². The summed E-state index contributed by atoms with van der Waals surface area (Å²) in [6.45, 7) is 10.8. The van der Waals surface area contributed by atoms with Crippen molar-refractivity contribution in [3.63, 3.8) is 0 Å². The van der Waals surface area contributed by atoms with Gasteiger partial charge in [-0.05, 0) is 25.9 Å². The van der Waals surface area contributed by atoms with E-state index in [-0.39, 0.29) is 17.9 Å². The second kappa shape index (κ2) is 8.48. The van der Waals surface area contributed by atoms with Crippen LogP contribution in [0.25, 0.3) is 0 Å². The highest BCUT2D eigenvalue weighted by Crippen LogP contribution is 2.10. The molecule has 0 aromatic rings. The van der Waals surface area contributed by atoms with Crippen LogP contribution in [0, 0.1) is 11.8 Å². The summed E-state index contributed by atoms with van der Waals surface area (Å²) in [5.74, 6) is 0.812. The Hall–Kier alpha value is -0.610. The number of nitrogens with two attached hydrogens (primary N) is 1. The van der Waals surface area contributed by atoms with E-state index in [0.29, 0.717) is 5.92 Å². The fourth-order valence-corrected chi connectivity index (χ4v) is 1.76. The maximum atomic E-state index is 12.4. The van der Waals surface area contributed by atoms with Gasteiger partial charge in [-0.3, -0.25) is 4.79 Å².